The molecule has 1 fully saturated rings. The monoisotopic (exact) mass is 255 g/mol. The van der Waals surface area contributed by atoms with E-state index in [4.69, 9.17) is 4.74 Å². The number of nitrogens with zero attached hydrogens (tertiary/aromatic N) is 1. The molecule has 4 heteroatoms. The van der Waals surface area contributed by atoms with Crippen LogP contribution in [0.4, 0.5) is 0 Å². The predicted molar refractivity (Wildman–Crippen MR) is 70.0 cm³/mol. The average Bonchev–Trinajstić information content (AvgIpc) is 2.49. The van der Waals surface area contributed by atoms with Crippen LogP contribution in [0.3, 0.4) is 0 Å². The lowest BCUT2D eigenvalue weighted by molar-refractivity contribution is -0.144. The Morgan fingerprint density at radius 3 is 2.78 bits per heavy atom. The van der Waals surface area contributed by atoms with Gasteiger partial charge in [0.15, 0.2) is 0 Å². The second-order valence-electron chi connectivity index (χ2n) is 5.27. The average molecular weight is 255 g/mol. The highest BCUT2D eigenvalue weighted by molar-refractivity contribution is 5.77. The molecule has 0 spiro atoms. The Morgan fingerprint density at radius 1 is 1.44 bits per heavy atom. The highest BCUT2D eigenvalue weighted by Gasteiger charge is 2.24. The van der Waals surface area contributed by atoms with Crippen LogP contribution in [0.25, 0.3) is 0 Å². The van der Waals surface area contributed by atoms with Crippen molar-refractivity contribution in [3.63, 3.8) is 0 Å². The van der Waals surface area contributed by atoms with Crippen LogP contribution in [0.15, 0.2) is 0 Å². The molecule has 1 amide bonds. The van der Waals surface area contributed by atoms with Crippen LogP contribution >= 0.6 is 0 Å². The number of amides is 1. The Bertz CT molecular complexity index is 289. The van der Waals surface area contributed by atoms with E-state index in [0.29, 0.717) is 37.8 Å². The lowest BCUT2D eigenvalue weighted by Crippen LogP contribution is -2.32. The summed E-state index contributed by atoms with van der Waals surface area (Å²) in [4.78, 5) is 25.0. The SMILES string of the molecule is CCOC(=O)CCN1CCC(C(C)C)CCC1=O. The molecule has 1 aliphatic rings. The number of hydrogen-bond acceptors (Lipinski definition) is 3. The van der Waals surface area contributed by atoms with E-state index in [-0.39, 0.29) is 11.9 Å². The number of ether oxygens (including phenoxy) is 1. The Hall–Kier alpha value is -1.06. The molecule has 4 nitrogen and oxygen atoms in total. The molecule has 1 saturated heterocycles. The molecule has 104 valence electrons. The van der Waals surface area contributed by atoms with Crippen molar-refractivity contribution in [3.05, 3.63) is 0 Å². The molecule has 0 N–H and O–H groups in total. The molecule has 1 unspecified atom stereocenters. The van der Waals surface area contributed by atoms with Gasteiger partial charge in [-0.25, -0.2) is 0 Å². The Labute approximate surface area is 110 Å². The molecule has 0 aliphatic carbocycles. The zero-order valence-corrected chi connectivity index (χ0v) is 11.8. The number of rotatable bonds is 5. The molecular formula is C14H25NO3. The molecule has 0 aromatic carbocycles. The number of carbonyl (C=O) groups is 2. The lowest BCUT2D eigenvalue weighted by Gasteiger charge is -2.21. The largest absolute Gasteiger partial charge is 0.466 e. The Morgan fingerprint density at radius 2 is 2.17 bits per heavy atom. The van der Waals surface area contributed by atoms with E-state index in [1.165, 1.54) is 0 Å². The number of carbonyl (C=O) groups excluding carboxylic acids is 2. The van der Waals surface area contributed by atoms with Gasteiger partial charge in [-0.2, -0.15) is 0 Å². The quantitative estimate of drug-likeness (QED) is 0.708. The molecule has 0 bridgehead atoms. The van der Waals surface area contributed by atoms with Gasteiger partial charge in [0.1, 0.15) is 0 Å². The van der Waals surface area contributed by atoms with Crippen LogP contribution in [0, 0.1) is 11.8 Å². The van der Waals surface area contributed by atoms with Crippen LogP contribution < -0.4 is 0 Å². The van der Waals surface area contributed by atoms with Gasteiger partial charge in [0, 0.05) is 19.5 Å². The van der Waals surface area contributed by atoms with Crippen molar-refractivity contribution in [2.45, 2.75) is 46.5 Å². The third-order valence-electron chi connectivity index (χ3n) is 3.69. The van der Waals surface area contributed by atoms with Gasteiger partial charge in [0.2, 0.25) is 5.91 Å². The second-order valence-corrected chi connectivity index (χ2v) is 5.27. The maximum absolute atomic E-state index is 11.9. The highest BCUT2D eigenvalue weighted by atomic mass is 16.5. The van der Waals surface area contributed by atoms with Gasteiger partial charge in [-0.15, -0.1) is 0 Å². The standard InChI is InChI=1S/C14H25NO3/c1-4-18-14(17)8-10-15-9-7-12(11(2)3)5-6-13(15)16/h11-12H,4-10H2,1-3H3. The van der Waals surface area contributed by atoms with E-state index in [0.717, 1.165) is 19.4 Å². The third-order valence-corrected chi connectivity index (χ3v) is 3.69. The Balaban J connectivity index is 2.41. The maximum atomic E-state index is 11.9. The van der Waals surface area contributed by atoms with E-state index in [1.54, 1.807) is 6.92 Å². The summed E-state index contributed by atoms with van der Waals surface area (Å²) in [6.07, 6.45) is 2.95. The minimum atomic E-state index is -0.213. The van der Waals surface area contributed by atoms with Crippen LogP contribution in [0.1, 0.15) is 46.5 Å². The normalized spacial score (nSPS) is 21.0. The Kier molecular flexibility index (Phi) is 6.16. The van der Waals surface area contributed by atoms with Gasteiger partial charge in [-0.3, -0.25) is 9.59 Å². The number of esters is 1. The van der Waals surface area contributed by atoms with Gasteiger partial charge in [-0.05, 0) is 31.6 Å². The zero-order valence-electron chi connectivity index (χ0n) is 11.8. The van der Waals surface area contributed by atoms with Crippen molar-refractivity contribution >= 4 is 11.9 Å². The molecule has 1 aliphatic heterocycles. The smallest absolute Gasteiger partial charge is 0.307 e. The summed E-state index contributed by atoms with van der Waals surface area (Å²) in [5, 5.41) is 0. The van der Waals surface area contributed by atoms with Gasteiger partial charge in [0.05, 0.1) is 13.0 Å². The molecular weight excluding hydrogens is 230 g/mol. The molecule has 1 rings (SSSR count). The van der Waals surface area contributed by atoms with Crippen molar-refractivity contribution < 1.29 is 14.3 Å². The van der Waals surface area contributed by atoms with Crippen LogP contribution in [0.2, 0.25) is 0 Å². The first kappa shape index (κ1) is 15.0. The van der Waals surface area contributed by atoms with Crippen LogP contribution in [-0.2, 0) is 14.3 Å². The molecule has 1 atom stereocenters. The van der Waals surface area contributed by atoms with Crippen molar-refractivity contribution in [1.29, 1.82) is 0 Å². The van der Waals surface area contributed by atoms with Crippen molar-refractivity contribution in [2.75, 3.05) is 19.7 Å². The summed E-state index contributed by atoms with van der Waals surface area (Å²) in [5.74, 6) is 1.22. The fraction of sp³-hybridized carbons (Fsp3) is 0.857. The summed E-state index contributed by atoms with van der Waals surface area (Å²) in [7, 11) is 0. The summed E-state index contributed by atoms with van der Waals surface area (Å²) >= 11 is 0. The molecule has 0 radical (unpaired) electrons. The van der Waals surface area contributed by atoms with E-state index in [9.17, 15) is 9.59 Å². The summed E-state index contributed by atoms with van der Waals surface area (Å²) in [6.45, 7) is 7.90. The van der Waals surface area contributed by atoms with Crippen LogP contribution in [0.5, 0.6) is 0 Å². The minimum Gasteiger partial charge on any atom is -0.466 e. The molecule has 0 aromatic rings. The molecule has 18 heavy (non-hydrogen) atoms. The third kappa shape index (κ3) is 4.67. The number of hydrogen-bond donors (Lipinski definition) is 0. The lowest BCUT2D eigenvalue weighted by atomic mass is 9.89. The first-order chi connectivity index (χ1) is 8.54. The molecule has 0 aromatic heterocycles. The van der Waals surface area contributed by atoms with E-state index in [2.05, 4.69) is 13.8 Å². The fourth-order valence-electron chi connectivity index (χ4n) is 2.42. The zero-order chi connectivity index (χ0) is 13.5. The van der Waals surface area contributed by atoms with Crippen molar-refractivity contribution in [3.8, 4) is 0 Å². The van der Waals surface area contributed by atoms with E-state index < -0.39 is 0 Å². The predicted octanol–water partition coefficient (Wildman–Crippen LogP) is 2.22. The highest BCUT2D eigenvalue weighted by Crippen LogP contribution is 2.25. The van der Waals surface area contributed by atoms with Gasteiger partial charge < -0.3 is 9.64 Å². The molecule has 0 saturated carbocycles. The molecule has 1 heterocycles. The summed E-state index contributed by atoms with van der Waals surface area (Å²) < 4.78 is 4.88. The van der Waals surface area contributed by atoms with Crippen molar-refractivity contribution in [1.82, 2.24) is 4.90 Å². The van der Waals surface area contributed by atoms with Crippen molar-refractivity contribution in [2.24, 2.45) is 11.8 Å². The topological polar surface area (TPSA) is 46.6 Å². The second kappa shape index (κ2) is 7.39. The van der Waals surface area contributed by atoms with E-state index >= 15 is 0 Å². The first-order valence-corrected chi connectivity index (χ1v) is 6.98. The van der Waals surface area contributed by atoms with Gasteiger partial charge in [0.25, 0.3) is 0 Å². The summed E-state index contributed by atoms with van der Waals surface area (Å²) in [5.41, 5.74) is 0. The number of likely N-dealkylation sites (tertiary alicyclic amines) is 1. The summed E-state index contributed by atoms with van der Waals surface area (Å²) in [6, 6.07) is 0. The van der Waals surface area contributed by atoms with Gasteiger partial charge >= 0.3 is 5.97 Å². The van der Waals surface area contributed by atoms with Gasteiger partial charge in [-0.1, -0.05) is 13.8 Å². The maximum Gasteiger partial charge on any atom is 0.307 e. The van der Waals surface area contributed by atoms with Crippen LogP contribution in [-0.4, -0.2) is 36.5 Å². The fourth-order valence-corrected chi connectivity index (χ4v) is 2.42. The van der Waals surface area contributed by atoms with E-state index in [1.807, 2.05) is 4.90 Å². The minimum absolute atomic E-state index is 0.183. The first-order valence-electron chi connectivity index (χ1n) is 6.98.